The van der Waals surface area contributed by atoms with Crippen LogP contribution in [0.15, 0.2) is 23.4 Å². The molecular weight excluding hydrogens is 250 g/mol. The van der Waals surface area contributed by atoms with Crippen LogP contribution < -0.4 is 5.73 Å². The largest absolute Gasteiger partial charge is 0.396 e. The summed E-state index contributed by atoms with van der Waals surface area (Å²) in [7, 11) is -3.58. The van der Waals surface area contributed by atoms with Crippen molar-refractivity contribution in [2.45, 2.75) is 37.8 Å². The van der Waals surface area contributed by atoms with Gasteiger partial charge in [0.2, 0.25) is 0 Å². The van der Waals surface area contributed by atoms with E-state index in [-0.39, 0.29) is 16.8 Å². The van der Waals surface area contributed by atoms with E-state index in [1.807, 2.05) is 6.92 Å². The minimum atomic E-state index is -3.58. The number of sulfonamides is 1. The van der Waals surface area contributed by atoms with E-state index in [1.165, 1.54) is 10.5 Å². The number of aromatic nitrogens is 1. The van der Waals surface area contributed by atoms with Crippen molar-refractivity contribution in [3.8, 4) is 0 Å². The molecule has 2 rings (SSSR count). The number of hydrogen-bond acceptors (Lipinski definition) is 4. The lowest BCUT2D eigenvalue weighted by molar-refractivity contribution is 0.217. The van der Waals surface area contributed by atoms with Gasteiger partial charge >= 0.3 is 0 Å². The highest BCUT2D eigenvalue weighted by atomic mass is 32.2. The van der Waals surface area contributed by atoms with E-state index in [0.717, 1.165) is 12.8 Å². The van der Waals surface area contributed by atoms with Crippen molar-refractivity contribution >= 4 is 15.7 Å². The maximum Gasteiger partial charge on any atom is 0.262 e. The highest BCUT2D eigenvalue weighted by Crippen LogP contribution is 2.28. The number of anilines is 1. The zero-order valence-electron chi connectivity index (χ0n) is 10.7. The minimum Gasteiger partial charge on any atom is -0.396 e. The Morgan fingerprint density at radius 1 is 1.39 bits per heavy atom. The molecule has 6 heteroatoms. The summed E-state index contributed by atoms with van der Waals surface area (Å²) in [5.41, 5.74) is 5.94. The normalized spacial score (nSPS) is 26.1. The molecule has 5 nitrogen and oxygen atoms in total. The molecule has 100 valence electrons. The third-order valence-corrected chi connectivity index (χ3v) is 5.37. The number of nitrogens with zero attached hydrogens (tertiary/aromatic N) is 2. The zero-order chi connectivity index (χ0) is 13.3. The van der Waals surface area contributed by atoms with Crippen LogP contribution in [0.3, 0.4) is 0 Å². The highest BCUT2D eigenvalue weighted by molar-refractivity contribution is 7.89. The number of nitrogen functional groups attached to an aromatic ring is 1. The monoisotopic (exact) mass is 269 g/mol. The van der Waals surface area contributed by atoms with Gasteiger partial charge in [0.15, 0.2) is 5.03 Å². The van der Waals surface area contributed by atoms with Crippen molar-refractivity contribution in [2.24, 2.45) is 5.92 Å². The van der Waals surface area contributed by atoms with Gasteiger partial charge in [0, 0.05) is 18.8 Å². The van der Waals surface area contributed by atoms with Crippen molar-refractivity contribution < 1.29 is 8.42 Å². The zero-order valence-corrected chi connectivity index (χ0v) is 11.5. The van der Waals surface area contributed by atoms with Crippen LogP contribution in [0.1, 0.15) is 26.7 Å². The molecule has 2 unspecified atom stereocenters. The first-order valence-electron chi connectivity index (χ1n) is 6.15. The van der Waals surface area contributed by atoms with Crippen molar-refractivity contribution in [3.63, 3.8) is 0 Å². The van der Waals surface area contributed by atoms with Gasteiger partial charge in [-0.15, -0.1) is 0 Å². The third-order valence-electron chi connectivity index (χ3n) is 3.41. The molecule has 1 aromatic rings. The molecule has 18 heavy (non-hydrogen) atoms. The lowest BCUT2D eigenvalue weighted by Gasteiger charge is -2.35. The first kappa shape index (κ1) is 13.3. The standard InChI is InChI=1S/C12H19N3O2S/c1-9-5-6-10(2)15(8-9)18(16,17)12-11(13)4-3-7-14-12/h3-4,7,9-10H,5-6,8,13H2,1-2H3. The first-order chi connectivity index (χ1) is 8.43. The Balaban J connectivity index is 2.39. The van der Waals surface area contributed by atoms with Gasteiger partial charge in [-0.3, -0.25) is 0 Å². The van der Waals surface area contributed by atoms with Crippen LogP contribution in [0.4, 0.5) is 5.69 Å². The van der Waals surface area contributed by atoms with Gasteiger partial charge in [-0.1, -0.05) is 6.92 Å². The Kier molecular flexibility index (Phi) is 3.59. The summed E-state index contributed by atoms with van der Waals surface area (Å²) in [5, 5.41) is -0.0223. The average molecular weight is 269 g/mol. The van der Waals surface area contributed by atoms with Crippen LogP contribution in [0.25, 0.3) is 0 Å². The molecule has 0 bridgehead atoms. The van der Waals surface area contributed by atoms with Crippen molar-refractivity contribution in [2.75, 3.05) is 12.3 Å². The predicted molar refractivity (Wildman–Crippen MR) is 70.4 cm³/mol. The van der Waals surface area contributed by atoms with Crippen LogP contribution in [0.5, 0.6) is 0 Å². The second kappa shape index (κ2) is 4.85. The first-order valence-corrected chi connectivity index (χ1v) is 7.59. The van der Waals surface area contributed by atoms with Gasteiger partial charge in [0.05, 0.1) is 5.69 Å². The molecule has 0 spiro atoms. The third kappa shape index (κ3) is 2.35. The molecular formula is C12H19N3O2S. The fraction of sp³-hybridized carbons (Fsp3) is 0.583. The van der Waals surface area contributed by atoms with Crippen molar-refractivity contribution in [3.05, 3.63) is 18.3 Å². The molecule has 0 saturated carbocycles. The summed E-state index contributed by atoms with van der Waals surface area (Å²) in [5.74, 6) is 0.376. The Labute approximate surface area is 108 Å². The molecule has 1 aliphatic rings. The van der Waals surface area contributed by atoms with Gasteiger partial charge in [-0.2, -0.15) is 4.31 Å². The Hall–Kier alpha value is -1.14. The molecule has 0 radical (unpaired) electrons. The summed E-state index contributed by atoms with van der Waals surface area (Å²) >= 11 is 0. The van der Waals surface area contributed by atoms with Gasteiger partial charge < -0.3 is 5.73 Å². The summed E-state index contributed by atoms with van der Waals surface area (Å²) in [6.07, 6.45) is 3.40. The van der Waals surface area contributed by atoms with Crippen LogP contribution in [0.2, 0.25) is 0 Å². The summed E-state index contributed by atoms with van der Waals surface area (Å²) in [4.78, 5) is 3.93. The van der Waals surface area contributed by atoms with Gasteiger partial charge in [0.1, 0.15) is 0 Å². The molecule has 2 heterocycles. The number of pyridine rings is 1. The Morgan fingerprint density at radius 3 is 2.78 bits per heavy atom. The number of nitrogens with two attached hydrogens (primary N) is 1. The summed E-state index contributed by atoms with van der Waals surface area (Å²) < 4.78 is 26.6. The molecule has 1 aromatic heterocycles. The Morgan fingerprint density at radius 2 is 2.11 bits per heavy atom. The van der Waals surface area contributed by atoms with E-state index < -0.39 is 10.0 Å². The quantitative estimate of drug-likeness (QED) is 0.882. The van der Waals surface area contributed by atoms with E-state index in [9.17, 15) is 8.42 Å². The average Bonchev–Trinajstić information content (AvgIpc) is 2.32. The van der Waals surface area contributed by atoms with Gasteiger partial charge in [0.25, 0.3) is 10.0 Å². The SMILES string of the molecule is CC1CCC(C)N(S(=O)(=O)c2ncccc2N)C1. The molecule has 1 aliphatic heterocycles. The van der Waals surface area contributed by atoms with Gasteiger partial charge in [-0.25, -0.2) is 13.4 Å². The maximum absolute atomic E-state index is 12.5. The van der Waals surface area contributed by atoms with E-state index >= 15 is 0 Å². The topological polar surface area (TPSA) is 76.3 Å². The second-order valence-electron chi connectivity index (χ2n) is 5.00. The molecule has 0 aromatic carbocycles. The van der Waals surface area contributed by atoms with E-state index in [0.29, 0.717) is 12.5 Å². The summed E-state index contributed by atoms with van der Waals surface area (Å²) in [6, 6.07) is 3.21. The lowest BCUT2D eigenvalue weighted by Crippen LogP contribution is -2.45. The van der Waals surface area contributed by atoms with Crippen LogP contribution >= 0.6 is 0 Å². The van der Waals surface area contributed by atoms with Crippen molar-refractivity contribution in [1.82, 2.24) is 9.29 Å². The lowest BCUT2D eigenvalue weighted by atomic mass is 9.97. The highest BCUT2D eigenvalue weighted by Gasteiger charge is 2.35. The number of hydrogen-bond donors (Lipinski definition) is 1. The van der Waals surface area contributed by atoms with E-state index in [1.54, 1.807) is 12.1 Å². The molecule has 2 atom stereocenters. The van der Waals surface area contributed by atoms with Crippen LogP contribution in [-0.2, 0) is 10.0 Å². The molecule has 2 N–H and O–H groups in total. The molecule has 0 amide bonds. The molecule has 1 fully saturated rings. The Bertz CT molecular complexity index is 530. The smallest absolute Gasteiger partial charge is 0.262 e. The maximum atomic E-state index is 12.5. The fourth-order valence-electron chi connectivity index (χ4n) is 2.31. The van der Waals surface area contributed by atoms with Crippen molar-refractivity contribution in [1.29, 1.82) is 0 Å². The van der Waals surface area contributed by atoms with E-state index in [2.05, 4.69) is 11.9 Å². The predicted octanol–water partition coefficient (Wildman–Crippen LogP) is 1.47. The summed E-state index contributed by atoms with van der Waals surface area (Å²) in [6.45, 7) is 4.54. The number of piperidine rings is 1. The fourth-order valence-corrected chi connectivity index (χ4v) is 4.13. The number of rotatable bonds is 2. The van der Waals surface area contributed by atoms with Gasteiger partial charge in [-0.05, 0) is 37.8 Å². The van der Waals surface area contributed by atoms with E-state index in [4.69, 9.17) is 5.73 Å². The molecule has 1 saturated heterocycles. The second-order valence-corrected chi connectivity index (χ2v) is 6.81. The van der Waals surface area contributed by atoms with Crippen LogP contribution in [-0.4, -0.2) is 30.3 Å². The minimum absolute atomic E-state index is 0.00704. The molecule has 0 aliphatic carbocycles. The van der Waals surface area contributed by atoms with Crippen LogP contribution in [0, 0.1) is 5.92 Å².